The minimum Gasteiger partial charge on any atom is -0.336 e. The van der Waals surface area contributed by atoms with Crippen LogP contribution >= 0.6 is 0 Å². The topological polar surface area (TPSA) is 75.1 Å². The number of fused-ring (bicyclic) bond motifs is 1. The Morgan fingerprint density at radius 2 is 1.90 bits per heavy atom. The Kier molecular flexibility index (Phi) is 5.76. The summed E-state index contributed by atoms with van der Waals surface area (Å²) in [7, 11) is 0. The first-order valence-corrected chi connectivity index (χ1v) is 10.3. The molecule has 4 rings (SSSR count). The van der Waals surface area contributed by atoms with Crippen LogP contribution in [0.3, 0.4) is 0 Å². The van der Waals surface area contributed by atoms with Crippen molar-refractivity contribution in [2.75, 3.05) is 25.0 Å². The Labute approximate surface area is 171 Å². The number of rotatable bonds is 6. The van der Waals surface area contributed by atoms with Crippen molar-refractivity contribution < 1.29 is 4.79 Å². The van der Waals surface area contributed by atoms with E-state index in [4.69, 9.17) is 0 Å². The number of nitrogens with one attached hydrogen (secondary N) is 2. The first-order valence-electron chi connectivity index (χ1n) is 10.3. The molecule has 0 spiro atoms. The lowest BCUT2D eigenvalue weighted by molar-refractivity contribution is 0.227. The van der Waals surface area contributed by atoms with Gasteiger partial charge in [0, 0.05) is 18.0 Å². The Morgan fingerprint density at radius 1 is 1.14 bits per heavy atom. The van der Waals surface area contributed by atoms with Crippen molar-refractivity contribution >= 4 is 22.8 Å². The van der Waals surface area contributed by atoms with Gasteiger partial charge in [0.05, 0.1) is 24.1 Å². The highest BCUT2D eigenvalue weighted by molar-refractivity contribution is 5.91. The summed E-state index contributed by atoms with van der Waals surface area (Å²) in [5, 5.41) is 11.2. The first kappa shape index (κ1) is 19.4. The summed E-state index contributed by atoms with van der Waals surface area (Å²) in [5.41, 5.74) is 2.72. The van der Waals surface area contributed by atoms with Crippen LogP contribution in [0.25, 0.3) is 11.0 Å². The van der Waals surface area contributed by atoms with Gasteiger partial charge in [0.2, 0.25) is 0 Å². The number of urea groups is 1. The molecule has 3 heterocycles. The maximum atomic E-state index is 12.5. The zero-order valence-electron chi connectivity index (χ0n) is 17.0. The molecule has 29 heavy (non-hydrogen) atoms. The van der Waals surface area contributed by atoms with E-state index in [9.17, 15) is 4.79 Å². The second kappa shape index (κ2) is 8.61. The van der Waals surface area contributed by atoms with Crippen molar-refractivity contribution in [1.29, 1.82) is 0 Å². The molecule has 0 bridgehead atoms. The van der Waals surface area contributed by atoms with Crippen LogP contribution in [0.2, 0.25) is 0 Å². The number of hydrogen-bond acceptors (Lipinski definition) is 4. The number of carbonyl (C=O) groups excluding carboxylic acids is 1. The Morgan fingerprint density at radius 3 is 2.62 bits per heavy atom. The SMILES string of the molecule is CC(C)n1ncc2cc(NC(=O)NC[C@@H](c3ccccc3)N3CCCC3)cnc21. The zero-order valence-corrected chi connectivity index (χ0v) is 17.0. The van der Waals surface area contributed by atoms with Gasteiger partial charge in [-0.15, -0.1) is 0 Å². The highest BCUT2D eigenvalue weighted by Gasteiger charge is 2.23. The number of hydrogen-bond donors (Lipinski definition) is 2. The largest absolute Gasteiger partial charge is 0.336 e. The van der Waals surface area contributed by atoms with Crippen LogP contribution in [0, 0.1) is 0 Å². The van der Waals surface area contributed by atoms with E-state index in [1.54, 1.807) is 12.4 Å². The molecule has 3 aromatic rings. The second-order valence-electron chi connectivity index (χ2n) is 7.82. The molecular weight excluding hydrogens is 364 g/mol. The Hall–Kier alpha value is -2.93. The van der Waals surface area contributed by atoms with E-state index in [1.165, 1.54) is 18.4 Å². The summed E-state index contributed by atoms with van der Waals surface area (Å²) in [6.45, 7) is 6.85. The summed E-state index contributed by atoms with van der Waals surface area (Å²) in [6, 6.07) is 12.5. The van der Waals surface area contributed by atoms with Gasteiger partial charge >= 0.3 is 6.03 Å². The second-order valence-corrected chi connectivity index (χ2v) is 7.82. The van der Waals surface area contributed by atoms with Gasteiger partial charge in [-0.2, -0.15) is 5.10 Å². The van der Waals surface area contributed by atoms with Gasteiger partial charge in [0.25, 0.3) is 0 Å². The van der Waals surface area contributed by atoms with Gasteiger partial charge in [-0.3, -0.25) is 4.90 Å². The van der Waals surface area contributed by atoms with Crippen LogP contribution in [0.4, 0.5) is 10.5 Å². The molecule has 2 amide bonds. The summed E-state index contributed by atoms with van der Waals surface area (Å²) in [4.78, 5) is 19.4. The molecule has 1 aliphatic heterocycles. The lowest BCUT2D eigenvalue weighted by Gasteiger charge is -2.28. The maximum absolute atomic E-state index is 12.5. The van der Waals surface area contributed by atoms with E-state index in [0.717, 1.165) is 24.1 Å². The minimum atomic E-state index is -0.220. The predicted molar refractivity (Wildman–Crippen MR) is 115 cm³/mol. The standard InChI is InChI=1S/C22H28N6O/c1-16(2)28-21-18(13-25-28)12-19(14-23-21)26-22(29)24-15-20(27-10-6-7-11-27)17-8-4-3-5-9-17/h3-5,8-9,12-14,16,20H,6-7,10-11,15H2,1-2H3,(H2,24,26,29)/t20-/m0/s1. The first-order chi connectivity index (χ1) is 14.1. The van der Waals surface area contributed by atoms with Gasteiger partial charge in [-0.25, -0.2) is 14.5 Å². The normalized spacial score (nSPS) is 15.7. The average molecular weight is 393 g/mol. The number of amides is 2. The van der Waals surface area contributed by atoms with Crippen LogP contribution in [-0.4, -0.2) is 45.3 Å². The number of nitrogens with zero attached hydrogens (tertiary/aromatic N) is 4. The quantitative estimate of drug-likeness (QED) is 0.666. The van der Waals surface area contributed by atoms with Crippen molar-refractivity contribution in [3.05, 3.63) is 54.4 Å². The predicted octanol–water partition coefficient (Wildman–Crippen LogP) is 3.97. The van der Waals surface area contributed by atoms with E-state index in [-0.39, 0.29) is 18.1 Å². The van der Waals surface area contributed by atoms with Crippen LogP contribution < -0.4 is 10.6 Å². The fourth-order valence-electron chi connectivity index (χ4n) is 3.94. The fraction of sp³-hybridized carbons (Fsp3) is 0.409. The molecule has 1 saturated heterocycles. The van der Waals surface area contributed by atoms with Crippen molar-refractivity contribution in [2.24, 2.45) is 0 Å². The van der Waals surface area contributed by atoms with E-state index in [0.29, 0.717) is 12.2 Å². The molecular formula is C22H28N6O. The third-order valence-corrected chi connectivity index (χ3v) is 5.40. The zero-order chi connectivity index (χ0) is 20.2. The number of benzene rings is 1. The molecule has 152 valence electrons. The summed E-state index contributed by atoms with van der Waals surface area (Å²) < 4.78 is 1.87. The number of carbonyl (C=O) groups is 1. The van der Waals surface area contributed by atoms with Crippen molar-refractivity contribution in [1.82, 2.24) is 25.0 Å². The molecule has 2 N–H and O–H groups in total. The Balaban J connectivity index is 1.41. The highest BCUT2D eigenvalue weighted by Crippen LogP contribution is 2.24. The van der Waals surface area contributed by atoms with E-state index < -0.39 is 0 Å². The molecule has 0 unspecified atom stereocenters. The van der Waals surface area contributed by atoms with Crippen LogP contribution in [0.5, 0.6) is 0 Å². The summed E-state index contributed by atoms with van der Waals surface area (Å²) in [5.74, 6) is 0. The van der Waals surface area contributed by atoms with Crippen molar-refractivity contribution in [3.63, 3.8) is 0 Å². The highest BCUT2D eigenvalue weighted by atomic mass is 16.2. The summed E-state index contributed by atoms with van der Waals surface area (Å²) >= 11 is 0. The molecule has 1 fully saturated rings. The van der Waals surface area contributed by atoms with E-state index >= 15 is 0 Å². The van der Waals surface area contributed by atoms with Crippen LogP contribution in [0.15, 0.2) is 48.8 Å². The fourth-order valence-corrected chi connectivity index (χ4v) is 3.94. The van der Waals surface area contributed by atoms with Gasteiger partial charge in [0.15, 0.2) is 5.65 Å². The maximum Gasteiger partial charge on any atom is 0.319 e. The lowest BCUT2D eigenvalue weighted by Crippen LogP contribution is -2.38. The van der Waals surface area contributed by atoms with Crippen molar-refractivity contribution in [3.8, 4) is 0 Å². The van der Waals surface area contributed by atoms with Gasteiger partial charge in [0.1, 0.15) is 0 Å². The summed E-state index contributed by atoms with van der Waals surface area (Å²) in [6.07, 6.45) is 5.89. The number of pyridine rings is 1. The molecule has 0 aliphatic carbocycles. The molecule has 7 heteroatoms. The molecule has 1 aromatic carbocycles. The molecule has 7 nitrogen and oxygen atoms in total. The van der Waals surface area contributed by atoms with Gasteiger partial charge < -0.3 is 10.6 Å². The lowest BCUT2D eigenvalue weighted by atomic mass is 10.1. The third kappa shape index (κ3) is 4.40. The van der Waals surface area contributed by atoms with E-state index in [1.807, 2.05) is 16.8 Å². The monoisotopic (exact) mass is 392 g/mol. The molecule has 1 atom stereocenters. The van der Waals surface area contributed by atoms with Crippen LogP contribution in [-0.2, 0) is 0 Å². The molecule has 2 aromatic heterocycles. The molecule has 1 aliphatic rings. The van der Waals surface area contributed by atoms with Crippen molar-refractivity contribution in [2.45, 2.75) is 38.8 Å². The van der Waals surface area contributed by atoms with Gasteiger partial charge in [-0.1, -0.05) is 30.3 Å². The number of anilines is 1. The van der Waals surface area contributed by atoms with Crippen LogP contribution in [0.1, 0.15) is 44.3 Å². The number of aromatic nitrogens is 3. The Bertz CT molecular complexity index is 962. The third-order valence-electron chi connectivity index (χ3n) is 5.40. The molecule has 0 radical (unpaired) electrons. The number of likely N-dealkylation sites (tertiary alicyclic amines) is 1. The van der Waals surface area contributed by atoms with Gasteiger partial charge in [-0.05, 0) is 51.4 Å². The average Bonchev–Trinajstić information content (AvgIpc) is 3.38. The van der Waals surface area contributed by atoms with E-state index in [2.05, 4.69) is 63.7 Å². The smallest absolute Gasteiger partial charge is 0.319 e. The molecule has 0 saturated carbocycles. The minimum absolute atomic E-state index is 0.189.